The van der Waals surface area contributed by atoms with E-state index in [1.54, 1.807) is 0 Å². The molecule has 4 fully saturated rings. The highest BCUT2D eigenvalue weighted by Gasteiger charge is 2.53. The van der Waals surface area contributed by atoms with Crippen molar-refractivity contribution in [2.45, 2.75) is 44.1 Å². The molecule has 0 saturated heterocycles. The Labute approximate surface area is 159 Å². The molecule has 4 aliphatic rings. The highest BCUT2D eigenvalue weighted by molar-refractivity contribution is 6.16. The maximum absolute atomic E-state index is 13.5. The number of rotatable bonds is 2. The topological polar surface area (TPSA) is 26.3 Å². The summed E-state index contributed by atoms with van der Waals surface area (Å²) in [5.41, 5.74) is 0.545. The van der Waals surface area contributed by atoms with Crippen molar-refractivity contribution in [2.24, 2.45) is 17.8 Å². The predicted molar refractivity (Wildman–Crippen MR) is 108 cm³/mol. The van der Waals surface area contributed by atoms with Crippen LogP contribution in [0.15, 0.2) is 54.6 Å². The molecule has 4 saturated carbocycles. The molecule has 4 aliphatic carbocycles. The van der Waals surface area contributed by atoms with E-state index in [2.05, 4.69) is 30.3 Å². The average molecular weight is 356 g/mol. The minimum Gasteiger partial charge on any atom is -0.455 e. The van der Waals surface area contributed by atoms with Crippen molar-refractivity contribution in [3.05, 3.63) is 60.2 Å². The van der Waals surface area contributed by atoms with Gasteiger partial charge in [-0.05, 0) is 83.9 Å². The molecule has 136 valence electrons. The van der Waals surface area contributed by atoms with Gasteiger partial charge in [-0.2, -0.15) is 0 Å². The van der Waals surface area contributed by atoms with E-state index in [9.17, 15) is 4.79 Å². The highest BCUT2D eigenvalue weighted by Crippen LogP contribution is 2.57. The lowest BCUT2D eigenvalue weighted by Crippen LogP contribution is -2.52. The molecular formula is C25H24O2. The molecular weight excluding hydrogens is 332 g/mol. The summed E-state index contributed by atoms with van der Waals surface area (Å²) in [7, 11) is 0. The first-order valence-corrected chi connectivity index (χ1v) is 10.3. The highest BCUT2D eigenvalue weighted by atomic mass is 16.6. The van der Waals surface area contributed by atoms with E-state index in [1.807, 2.05) is 24.3 Å². The summed E-state index contributed by atoms with van der Waals surface area (Å²) in [4.78, 5) is 13.5. The van der Waals surface area contributed by atoms with Gasteiger partial charge in [0.15, 0.2) is 0 Å². The van der Waals surface area contributed by atoms with Gasteiger partial charge < -0.3 is 4.74 Å². The fraction of sp³-hybridized carbons (Fsp3) is 0.400. The van der Waals surface area contributed by atoms with Crippen molar-refractivity contribution in [1.29, 1.82) is 0 Å². The number of ether oxygens (including phenoxy) is 1. The van der Waals surface area contributed by atoms with E-state index in [4.69, 9.17) is 4.74 Å². The molecule has 0 spiro atoms. The molecule has 3 aromatic carbocycles. The molecule has 27 heavy (non-hydrogen) atoms. The number of carbonyl (C=O) groups is 1. The van der Waals surface area contributed by atoms with Crippen LogP contribution in [0.25, 0.3) is 21.5 Å². The second kappa shape index (κ2) is 5.58. The maximum atomic E-state index is 13.5. The summed E-state index contributed by atoms with van der Waals surface area (Å²) in [6, 6.07) is 18.5. The van der Waals surface area contributed by atoms with Gasteiger partial charge in [0, 0.05) is 0 Å². The van der Waals surface area contributed by atoms with E-state index in [-0.39, 0.29) is 11.6 Å². The number of carbonyl (C=O) groups excluding carboxylic acids is 1. The molecule has 2 heteroatoms. The Morgan fingerprint density at radius 3 is 1.78 bits per heavy atom. The van der Waals surface area contributed by atoms with Gasteiger partial charge in [0.2, 0.25) is 0 Å². The third kappa shape index (κ3) is 2.42. The number of esters is 1. The Kier molecular flexibility index (Phi) is 3.24. The fourth-order valence-electron chi connectivity index (χ4n) is 6.64. The average Bonchev–Trinajstić information content (AvgIpc) is 2.64. The van der Waals surface area contributed by atoms with Gasteiger partial charge in [0.25, 0.3) is 0 Å². The first-order chi connectivity index (χ1) is 13.2. The van der Waals surface area contributed by atoms with Crippen molar-refractivity contribution in [3.8, 4) is 0 Å². The van der Waals surface area contributed by atoms with Crippen molar-refractivity contribution in [3.63, 3.8) is 0 Å². The van der Waals surface area contributed by atoms with Crippen molar-refractivity contribution >= 4 is 27.5 Å². The second-order valence-corrected chi connectivity index (χ2v) is 9.18. The van der Waals surface area contributed by atoms with Gasteiger partial charge in [-0.25, -0.2) is 4.79 Å². The Hall–Kier alpha value is -2.35. The Morgan fingerprint density at radius 1 is 0.778 bits per heavy atom. The zero-order valence-corrected chi connectivity index (χ0v) is 15.5. The van der Waals surface area contributed by atoms with E-state index >= 15 is 0 Å². The van der Waals surface area contributed by atoms with Crippen molar-refractivity contribution in [1.82, 2.24) is 0 Å². The monoisotopic (exact) mass is 356 g/mol. The zero-order chi connectivity index (χ0) is 18.0. The van der Waals surface area contributed by atoms with Gasteiger partial charge in [-0.3, -0.25) is 0 Å². The summed E-state index contributed by atoms with van der Waals surface area (Å²) in [6.45, 7) is 0. The first kappa shape index (κ1) is 15.7. The minimum absolute atomic E-state index is 0.120. The van der Waals surface area contributed by atoms with Gasteiger partial charge in [0.1, 0.15) is 5.60 Å². The van der Waals surface area contributed by atoms with Crippen LogP contribution in [0.3, 0.4) is 0 Å². The minimum atomic E-state index is -0.204. The van der Waals surface area contributed by atoms with Crippen LogP contribution in [0.4, 0.5) is 0 Å². The van der Waals surface area contributed by atoms with E-state index < -0.39 is 0 Å². The SMILES string of the molecule is O=C(OC12CC3CC(CC(C3)C1)C2)c1c2ccccc2cc2ccccc12. The molecule has 4 bridgehead atoms. The maximum Gasteiger partial charge on any atom is 0.339 e. The largest absolute Gasteiger partial charge is 0.455 e. The first-order valence-electron chi connectivity index (χ1n) is 10.3. The van der Waals surface area contributed by atoms with E-state index in [1.165, 1.54) is 19.3 Å². The van der Waals surface area contributed by atoms with Gasteiger partial charge in [0.05, 0.1) is 5.56 Å². The Bertz CT molecular complexity index is 975. The summed E-state index contributed by atoms with van der Waals surface area (Å²) in [6.07, 6.45) is 7.30. The standard InChI is InChI=1S/C25H24O2/c26-24(27-25-13-16-9-17(14-25)11-18(10-16)15-25)23-21-7-3-1-5-19(21)12-20-6-2-4-8-22(20)23/h1-8,12,16-18H,9-11,13-15H2. The lowest BCUT2D eigenvalue weighted by molar-refractivity contribution is -0.131. The molecule has 3 aromatic rings. The Morgan fingerprint density at radius 2 is 1.26 bits per heavy atom. The van der Waals surface area contributed by atoms with Crippen LogP contribution < -0.4 is 0 Å². The van der Waals surface area contributed by atoms with Crippen molar-refractivity contribution < 1.29 is 9.53 Å². The number of benzene rings is 3. The summed E-state index contributed by atoms with van der Waals surface area (Å²) in [5, 5.41) is 4.22. The van der Waals surface area contributed by atoms with Gasteiger partial charge in [-0.1, -0.05) is 48.5 Å². The fourth-order valence-corrected chi connectivity index (χ4v) is 6.64. The summed E-state index contributed by atoms with van der Waals surface area (Å²) >= 11 is 0. The second-order valence-electron chi connectivity index (χ2n) is 9.18. The molecule has 0 heterocycles. The molecule has 0 atom stereocenters. The molecule has 2 nitrogen and oxygen atoms in total. The van der Waals surface area contributed by atoms with E-state index in [0.717, 1.165) is 64.1 Å². The normalized spacial score (nSPS) is 31.5. The van der Waals surface area contributed by atoms with E-state index in [0.29, 0.717) is 0 Å². The quantitative estimate of drug-likeness (QED) is 0.408. The molecule has 0 aliphatic heterocycles. The molecule has 0 amide bonds. The zero-order valence-electron chi connectivity index (χ0n) is 15.5. The molecule has 0 aromatic heterocycles. The van der Waals surface area contributed by atoms with Crippen LogP contribution in [0.2, 0.25) is 0 Å². The van der Waals surface area contributed by atoms with Crippen LogP contribution in [0, 0.1) is 17.8 Å². The van der Waals surface area contributed by atoms with Crippen LogP contribution in [0.5, 0.6) is 0 Å². The smallest absolute Gasteiger partial charge is 0.339 e. The summed E-state index contributed by atoms with van der Waals surface area (Å²) < 4.78 is 6.41. The lowest BCUT2D eigenvalue weighted by Gasteiger charge is -2.55. The van der Waals surface area contributed by atoms with Gasteiger partial charge >= 0.3 is 5.97 Å². The van der Waals surface area contributed by atoms with Crippen LogP contribution in [-0.4, -0.2) is 11.6 Å². The molecule has 0 N–H and O–H groups in total. The van der Waals surface area contributed by atoms with Gasteiger partial charge in [-0.15, -0.1) is 0 Å². The molecule has 0 radical (unpaired) electrons. The molecule has 7 rings (SSSR count). The number of hydrogen-bond acceptors (Lipinski definition) is 2. The van der Waals surface area contributed by atoms with Crippen LogP contribution in [0.1, 0.15) is 48.9 Å². The molecule has 0 unspecified atom stereocenters. The lowest BCUT2D eigenvalue weighted by atomic mass is 9.54. The third-order valence-electron chi connectivity index (χ3n) is 7.27. The Balaban J connectivity index is 1.46. The predicted octanol–water partition coefficient (Wildman–Crippen LogP) is 6.12. The van der Waals surface area contributed by atoms with Crippen molar-refractivity contribution in [2.75, 3.05) is 0 Å². The third-order valence-corrected chi connectivity index (χ3v) is 7.27. The van der Waals surface area contributed by atoms with Crippen LogP contribution >= 0.6 is 0 Å². The number of hydrogen-bond donors (Lipinski definition) is 0. The van der Waals surface area contributed by atoms with Crippen LogP contribution in [-0.2, 0) is 4.74 Å². The number of fused-ring (bicyclic) bond motifs is 2. The summed E-state index contributed by atoms with van der Waals surface area (Å²) in [5.74, 6) is 2.19.